The van der Waals surface area contributed by atoms with Crippen LogP contribution in [0.2, 0.25) is 0 Å². The van der Waals surface area contributed by atoms with E-state index in [9.17, 15) is 0 Å². The van der Waals surface area contributed by atoms with Gasteiger partial charge in [-0.2, -0.15) is 0 Å². The first kappa shape index (κ1) is 10.8. The molecule has 0 bridgehead atoms. The molecule has 2 atom stereocenters. The number of hydrogen-bond donors (Lipinski definition) is 0. The first-order valence-corrected chi connectivity index (χ1v) is 6.01. The van der Waals surface area contributed by atoms with Gasteiger partial charge >= 0.3 is 0 Å². The third kappa shape index (κ3) is 2.28. The van der Waals surface area contributed by atoms with Gasteiger partial charge in [-0.25, -0.2) is 4.68 Å². The molecular weight excluding hydrogens is 262 g/mol. The fourth-order valence-corrected chi connectivity index (χ4v) is 2.14. The van der Waals surface area contributed by atoms with E-state index in [0.29, 0.717) is 0 Å². The Morgan fingerprint density at radius 3 is 2.93 bits per heavy atom. The third-order valence-electron chi connectivity index (χ3n) is 2.38. The van der Waals surface area contributed by atoms with E-state index in [-0.39, 0.29) is 12.2 Å². The minimum atomic E-state index is 0.199. The van der Waals surface area contributed by atoms with Gasteiger partial charge in [0.15, 0.2) is 0 Å². The summed E-state index contributed by atoms with van der Waals surface area (Å²) < 4.78 is 7.42. The van der Waals surface area contributed by atoms with Crippen LogP contribution in [0.15, 0.2) is 0 Å². The quantitative estimate of drug-likeness (QED) is 0.722. The van der Waals surface area contributed by atoms with Crippen LogP contribution in [0.4, 0.5) is 5.95 Å². The lowest BCUT2D eigenvalue weighted by atomic mass is 10.2. The van der Waals surface area contributed by atoms with Gasteiger partial charge in [0, 0.05) is 25.5 Å². The number of rotatable bonds is 2. The highest BCUT2D eigenvalue weighted by Gasteiger charge is 2.27. The summed E-state index contributed by atoms with van der Waals surface area (Å²) in [5, 5.41) is 12.3. The molecule has 7 heteroatoms. The summed E-state index contributed by atoms with van der Waals surface area (Å²) in [5.41, 5.74) is 0. The fourth-order valence-electron chi connectivity index (χ4n) is 1.79. The van der Waals surface area contributed by atoms with Crippen LogP contribution in [0.25, 0.3) is 0 Å². The van der Waals surface area contributed by atoms with Gasteiger partial charge < -0.3 is 9.64 Å². The van der Waals surface area contributed by atoms with Crippen molar-refractivity contribution in [2.24, 2.45) is 7.05 Å². The van der Waals surface area contributed by atoms with Crippen LogP contribution in [-0.2, 0) is 11.8 Å². The van der Waals surface area contributed by atoms with Gasteiger partial charge in [-0.15, -0.1) is 0 Å². The molecule has 15 heavy (non-hydrogen) atoms. The number of nitrogens with zero attached hydrogens (tertiary/aromatic N) is 5. The number of morpholine rings is 1. The van der Waals surface area contributed by atoms with Gasteiger partial charge in [0.1, 0.15) is 0 Å². The fraction of sp³-hybridized carbons (Fsp3) is 0.875. The SMILES string of the molecule is CC1CN(c2nnnn2C)CC(CBr)O1. The van der Waals surface area contributed by atoms with Crippen molar-refractivity contribution >= 4 is 21.9 Å². The summed E-state index contributed by atoms with van der Waals surface area (Å²) in [7, 11) is 1.85. The first-order chi connectivity index (χ1) is 7.20. The van der Waals surface area contributed by atoms with E-state index in [2.05, 4.69) is 43.3 Å². The topological polar surface area (TPSA) is 56.1 Å². The first-order valence-electron chi connectivity index (χ1n) is 4.89. The summed E-state index contributed by atoms with van der Waals surface area (Å²) >= 11 is 3.44. The number of halogens is 1. The Balaban J connectivity index is 2.12. The van der Waals surface area contributed by atoms with E-state index in [1.54, 1.807) is 4.68 Å². The standard InChI is InChI=1S/C8H14BrN5O/c1-6-4-14(5-7(3-9)15-6)8-10-11-12-13(8)2/h6-7H,3-5H2,1-2H3. The Hall–Kier alpha value is -0.690. The maximum atomic E-state index is 5.74. The van der Waals surface area contributed by atoms with Gasteiger partial charge in [0.25, 0.3) is 0 Å². The molecule has 0 saturated carbocycles. The number of tetrazole rings is 1. The highest BCUT2D eigenvalue weighted by molar-refractivity contribution is 9.09. The second kappa shape index (κ2) is 4.44. The van der Waals surface area contributed by atoms with Crippen LogP contribution in [0, 0.1) is 0 Å². The van der Waals surface area contributed by atoms with E-state index in [0.717, 1.165) is 24.4 Å². The largest absolute Gasteiger partial charge is 0.371 e. The van der Waals surface area contributed by atoms with E-state index in [1.165, 1.54) is 0 Å². The van der Waals surface area contributed by atoms with Gasteiger partial charge in [-0.05, 0) is 17.4 Å². The van der Waals surface area contributed by atoms with Crippen LogP contribution in [-0.4, -0.2) is 50.8 Å². The molecule has 6 nitrogen and oxygen atoms in total. The summed E-state index contributed by atoms with van der Waals surface area (Å²) in [6.07, 6.45) is 0.406. The van der Waals surface area contributed by atoms with Crippen molar-refractivity contribution in [3.05, 3.63) is 0 Å². The van der Waals surface area contributed by atoms with Crippen molar-refractivity contribution < 1.29 is 4.74 Å². The number of aromatic nitrogens is 4. The summed E-state index contributed by atoms with van der Waals surface area (Å²) in [5.74, 6) is 0.802. The predicted molar refractivity (Wildman–Crippen MR) is 59.1 cm³/mol. The molecule has 2 rings (SSSR count). The molecule has 1 aromatic heterocycles. The summed E-state index contributed by atoms with van der Waals surface area (Å²) in [6.45, 7) is 3.72. The molecule has 84 valence electrons. The lowest BCUT2D eigenvalue weighted by molar-refractivity contribution is -0.00268. The maximum Gasteiger partial charge on any atom is 0.245 e. The normalized spacial score (nSPS) is 27.0. The lowest BCUT2D eigenvalue weighted by Gasteiger charge is -2.35. The Labute approximate surface area is 96.7 Å². The van der Waals surface area contributed by atoms with Crippen LogP contribution in [0.1, 0.15) is 6.92 Å². The molecule has 0 radical (unpaired) electrons. The van der Waals surface area contributed by atoms with E-state index >= 15 is 0 Å². The van der Waals surface area contributed by atoms with E-state index in [4.69, 9.17) is 4.74 Å². The Bertz CT molecular complexity index is 331. The second-order valence-corrected chi connectivity index (χ2v) is 4.38. The van der Waals surface area contributed by atoms with Crippen molar-refractivity contribution in [1.82, 2.24) is 20.2 Å². The lowest BCUT2D eigenvalue weighted by Crippen LogP contribution is -2.48. The van der Waals surface area contributed by atoms with Crippen molar-refractivity contribution in [3.63, 3.8) is 0 Å². The van der Waals surface area contributed by atoms with E-state index < -0.39 is 0 Å². The third-order valence-corrected chi connectivity index (χ3v) is 3.10. The maximum absolute atomic E-state index is 5.74. The van der Waals surface area contributed by atoms with Crippen LogP contribution < -0.4 is 4.90 Å². The minimum Gasteiger partial charge on any atom is -0.371 e. The molecule has 0 spiro atoms. The Morgan fingerprint density at radius 1 is 1.53 bits per heavy atom. The molecule has 0 aliphatic carbocycles. The smallest absolute Gasteiger partial charge is 0.245 e. The molecular formula is C8H14BrN5O. The van der Waals surface area contributed by atoms with Crippen molar-refractivity contribution in [2.75, 3.05) is 23.3 Å². The van der Waals surface area contributed by atoms with Crippen LogP contribution in [0.3, 0.4) is 0 Å². The molecule has 1 fully saturated rings. The molecule has 1 saturated heterocycles. The number of hydrogen-bond acceptors (Lipinski definition) is 5. The van der Waals surface area contributed by atoms with Crippen molar-refractivity contribution in [2.45, 2.75) is 19.1 Å². The van der Waals surface area contributed by atoms with Crippen LogP contribution >= 0.6 is 15.9 Å². The minimum absolute atomic E-state index is 0.199. The van der Waals surface area contributed by atoms with Gasteiger partial charge in [-0.3, -0.25) is 0 Å². The zero-order valence-electron chi connectivity index (χ0n) is 8.80. The number of anilines is 1. The van der Waals surface area contributed by atoms with Gasteiger partial charge in [-0.1, -0.05) is 21.0 Å². The Morgan fingerprint density at radius 2 is 2.33 bits per heavy atom. The van der Waals surface area contributed by atoms with Crippen molar-refractivity contribution in [3.8, 4) is 0 Å². The highest BCUT2D eigenvalue weighted by atomic mass is 79.9. The molecule has 2 unspecified atom stereocenters. The number of alkyl halides is 1. The average Bonchev–Trinajstić information content (AvgIpc) is 2.63. The molecule has 0 N–H and O–H groups in total. The molecule has 0 amide bonds. The average molecular weight is 276 g/mol. The second-order valence-electron chi connectivity index (χ2n) is 3.73. The zero-order chi connectivity index (χ0) is 10.8. The van der Waals surface area contributed by atoms with Crippen LogP contribution in [0.5, 0.6) is 0 Å². The molecule has 1 aliphatic rings. The highest BCUT2D eigenvalue weighted by Crippen LogP contribution is 2.17. The molecule has 0 aromatic carbocycles. The predicted octanol–water partition coefficient (Wildman–Crippen LogP) is 0.199. The summed E-state index contributed by atoms with van der Waals surface area (Å²) in [4.78, 5) is 2.15. The zero-order valence-corrected chi connectivity index (χ0v) is 10.4. The van der Waals surface area contributed by atoms with Crippen molar-refractivity contribution in [1.29, 1.82) is 0 Å². The number of ether oxygens (including phenoxy) is 1. The number of aryl methyl sites for hydroxylation is 1. The Kier molecular flexibility index (Phi) is 3.20. The molecule has 2 heterocycles. The van der Waals surface area contributed by atoms with Gasteiger partial charge in [0.05, 0.1) is 12.2 Å². The molecule has 1 aromatic rings. The molecule has 1 aliphatic heterocycles. The van der Waals surface area contributed by atoms with Gasteiger partial charge in [0.2, 0.25) is 5.95 Å². The van der Waals surface area contributed by atoms with E-state index in [1.807, 2.05) is 7.05 Å². The summed E-state index contributed by atoms with van der Waals surface area (Å²) in [6, 6.07) is 0. The monoisotopic (exact) mass is 275 g/mol.